The lowest BCUT2D eigenvalue weighted by Crippen LogP contribution is -2.46. The van der Waals surface area contributed by atoms with Gasteiger partial charge in [0.15, 0.2) is 0 Å². The zero-order chi connectivity index (χ0) is 12.5. The molecule has 2 fully saturated rings. The van der Waals surface area contributed by atoms with E-state index in [2.05, 4.69) is 29.4 Å². The van der Waals surface area contributed by atoms with Gasteiger partial charge < -0.3 is 5.32 Å². The molecule has 2 bridgehead atoms. The minimum absolute atomic E-state index is 0.736. The van der Waals surface area contributed by atoms with E-state index in [1.807, 2.05) is 12.1 Å². The Morgan fingerprint density at radius 3 is 2.39 bits per heavy atom. The van der Waals surface area contributed by atoms with Crippen LogP contribution in [-0.2, 0) is 6.54 Å². The van der Waals surface area contributed by atoms with Gasteiger partial charge in [0.1, 0.15) is 0 Å². The highest BCUT2D eigenvalue weighted by Crippen LogP contribution is 2.29. The normalized spacial score (nSPS) is 30.9. The first-order chi connectivity index (χ1) is 8.70. The van der Waals surface area contributed by atoms with Crippen LogP contribution in [0.1, 0.15) is 31.2 Å². The molecule has 0 spiro atoms. The lowest BCUT2D eigenvalue weighted by atomic mass is 9.98. The zero-order valence-corrected chi connectivity index (χ0v) is 11.7. The van der Waals surface area contributed by atoms with Crippen LogP contribution in [0.25, 0.3) is 0 Å². The Morgan fingerprint density at radius 2 is 1.78 bits per heavy atom. The maximum atomic E-state index is 5.92. The Labute approximate surface area is 114 Å². The fraction of sp³-hybridized carbons (Fsp3) is 0.600. The smallest absolute Gasteiger partial charge is 0.0406 e. The molecule has 98 valence electrons. The molecule has 1 N–H and O–H groups in total. The molecule has 0 amide bonds. The summed E-state index contributed by atoms with van der Waals surface area (Å²) in [5.41, 5.74) is 1.35. The second-order valence-corrected chi connectivity index (χ2v) is 6.24. The number of nitrogens with one attached hydrogen (secondary N) is 1. The third-order valence-electron chi connectivity index (χ3n) is 4.42. The fourth-order valence-electron chi connectivity index (χ4n) is 3.39. The molecule has 2 nitrogen and oxygen atoms in total. The van der Waals surface area contributed by atoms with E-state index < -0.39 is 0 Å². The minimum atomic E-state index is 0.736. The molecule has 2 heterocycles. The first-order valence-electron chi connectivity index (χ1n) is 6.91. The highest BCUT2D eigenvalue weighted by atomic mass is 35.5. The molecule has 2 unspecified atom stereocenters. The number of piperidine rings is 1. The van der Waals surface area contributed by atoms with Gasteiger partial charge in [-0.25, -0.2) is 0 Å². The second-order valence-electron chi connectivity index (χ2n) is 5.80. The van der Waals surface area contributed by atoms with Gasteiger partial charge in [-0.2, -0.15) is 0 Å². The number of halogens is 1. The van der Waals surface area contributed by atoms with Crippen molar-refractivity contribution >= 4 is 11.6 Å². The number of fused-ring (bicyclic) bond motifs is 2. The summed E-state index contributed by atoms with van der Waals surface area (Å²) in [4.78, 5) is 2.51. The Bertz CT molecular complexity index is 391. The summed E-state index contributed by atoms with van der Waals surface area (Å²) in [5, 5.41) is 4.52. The van der Waals surface area contributed by atoms with Gasteiger partial charge in [0.05, 0.1) is 0 Å². The number of hydrogen-bond acceptors (Lipinski definition) is 2. The summed E-state index contributed by atoms with van der Waals surface area (Å²) in [7, 11) is 2.25. The average Bonchev–Trinajstić information content (AvgIpc) is 2.71. The molecular formula is C15H21ClN2. The van der Waals surface area contributed by atoms with Crippen LogP contribution in [-0.4, -0.2) is 30.1 Å². The van der Waals surface area contributed by atoms with Gasteiger partial charge in [-0.05, 0) is 50.4 Å². The van der Waals surface area contributed by atoms with Crippen molar-refractivity contribution in [1.29, 1.82) is 0 Å². The van der Waals surface area contributed by atoms with Gasteiger partial charge in [0.25, 0.3) is 0 Å². The maximum Gasteiger partial charge on any atom is 0.0406 e. The van der Waals surface area contributed by atoms with Crippen molar-refractivity contribution in [3.05, 3.63) is 34.9 Å². The maximum absolute atomic E-state index is 5.92. The molecule has 2 aliphatic rings. The van der Waals surface area contributed by atoms with E-state index in [9.17, 15) is 0 Å². The summed E-state index contributed by atoms with van der Waals surface area (Å²) < 4.78 is 0. The van der Waals surface area contributed by atoms with E-state index in [0.717, 1.165) is 29.7 Å². The van der Waals surface area contributed by atoms with Gasteiger partial charge >= 0.3 is 0 Å². The highest BCUT2D eigenvalue weighted by Gasteiger charge is 2.34. The molecular weight excluding hydrogens is 244 g/mol. The van der Waals surface area contributed by atoms with Crippen LogP contribution in [0.2, 0.25) is 5.02 Å². The third-order valence-corrected chi connectivity index (χ3v) is 4.67. The van der Waals surface area contributed by atoms with Gasteiger partial charge in [-0.3, -0.25) is 4.90 Å². The quantitative estimate of drug-likeness (QED) is 0.903. The number of rotatable bonds is 3. The molecule has 1 aromatic rings. The Hall–Kier alpha value is -0.570. The predicted molar refractivity (Wildman–Crippen MR) is 75.9 cm³/mol. The Morgan fingerprint density at radius 1 is 1.17 bits per heavy atom. The Balaban J connectivity index is 1.61. The van der Waals surface area contributed by atoms with Crippen LogP contribution in [0.5, 0.6) is 0 Å². The summed E-state index contributed by atoms with van der Waals surface area (Å²) in [6.07, 6.45) is 5.35. The SMILES string of the molecule is CN(Cc1ccc(Cl)cc1)C1CC2CCC(C1)N2. The number of hydrogen-bond donors (Lipinski definition) is 1. The third kappa shape index (κ3) is 2.71. The molecule has 0 saturated carbocycles. The van der Waals surface area contributed by atoms with Crippen LogP contribution in [0, 0.1) is 0 Å². The average molecular weight is 265 g/mol. The fourth-order valence-corrected chi connectivity index (χ4v) is 3.52. The number of nitrogens with zero attached hydrogens (tertiary/aromatic N) is 1. The van der Waals surface area contributed by atoms with Gasteiger partial charge in [-0.1, -0.05) is 23.7 Å². The summed E-state index contributed by atoms with van der Waals surface area (Å²) >= 11 is 5.92. The van der Waals surface area contributed by atoms with Crippen molar-refractivity contribution in [1.82, 2.24) is 10.2 Å². The first-order valence-corrected chi connectivity index (χ1v) is 7.29. The van der Waals surface area contributed by atoms with Crippen LogP contribution < -0.4 is 5.32 Å². The molecule has 3 rings (SSSR count). The van der Waals surface area contributed by atoms with E-state index in [4.69, 9.17) is 11.6 Å². The molecule has 0 aliphatic carbocycles. The largest absolute Gasteiger partial charge is 0.311 e. The molecule has 18 heavy (non-hydrogen) atoms. The van der Waals surface area contributed by atoms with Crippen molar-refractivity contribution in [3.8, 4) is 0 Å². The van der Waals surface area contributed by atoms with E-state index >= 15 is 0 Å². The summed E-state index contributed by atoms with van der Waals surface area (Å²) in [6, 6.07) is 10.5. The van der Waals surface area contributed by atoms with E-state index in [-0.39, 0.29) is 0 Å². The van der Waals surface area contributed by atoms with E-state index in [0.29, 0.717) is 0 Å². The molecule has 2 saturated heterocycles. The van der Waals surface area contributed by atoms with Gasteiger partial charge in [0.2, 0.25) is 0 Å². The molecule has 3 heteroatoms. The second kappa shape index (κ2) is 5.20. The van der Waals surface area contributed by atoms with Crippen LogP contribution in [0.3, 0.4) is 0 Å². The van der Waals surface area contributed by atoms with Gasteiger partial charge in [0, 0.05) is 29.7 Å². The van der Waals surface area contributed by atoms with Crippen molar-refractivity contribution < 1.29 is 0 Å². The molecule has 2 atom stereocenters. The van der Waals surface area contributed by atoms with Crippen LogP contribution >= 0.6 is 11.6 Å². The van der Waals surface area contributed by atoms with Gasteiger partial charge in [-0.15, -0.1) is 0 Å². The van der Waals surface area contributed by atoms with Crippen molar-refractivity contribution in [2.75, 3.05) is 7.05 Å². The molecule has 1 aromatic carbocycles. The first kappa shape index (κ1) is 12.5. The number of benzene rings is 1. The highest BCUT2D eigenvalue weighted by molar-refractivity contribution is 6.30. The summed E-state index contributed by atoms with van der Waals surface area (Å²) in [6.45, 7) is 1.03. The zero-order valence-electron chi connectivity index (χ0n) is 10.9. The monoisotopic (exact) mass is 264 g/mol. The summed E-state index contributed by atoms with van der Waals surface area (Å²) in [5.74, 6) is 0. The topological polar surface area (TPSA) is 15.3 Å². The predicted octanol–water partition coefficient (Wildman–Crippen LogP) is 3.05. The minimum Gasteiger partial charge on any atom is -0.311 e. The van der Waals surface area contributed by atoms with Crippen molar-refractivity contribution in [2.45, 2.75) is 50.4 Å². The van der Waals surface area contributed by atoms with Crippen molar-refractivity contribution in [2.24, 2.45) is 0 Å². The van der Waals surface area contributed by atoms with Crippen LogP contribution in [0.4, 0.5) is 0 Å². The standard InChI is InChI=1S/C15H21ClN2/c1-18(10-11-2-4-12(16)5-3-11)15-8-13-6-7-14(9-15)17-13/h2-5,13-15,17H,6-10H2,1H3. The molecule has 2 aliphatic heterocycles. The molecule has 0 aromatic heterocycles. The van der Waals surface area contributed by atoms with E-state index in [1.165, 1.54) is 31.2 Å². The Kier molecular flexibility index (Phi) is 3.60. The molecule has 0 radical (unpaired) electrons. The lowest BCUT2D eigenvalue weighted by Gasteiger charge is -2.35. The van der Waals surface area contributed by atoms with E-state index in [1.54, 1.807) is 0 Å². The van der Waals surface area contributed by atoms with Crippen molar-refractivity contribution in [3.63, 3.8) is 0 Å². The van der Waals surface area contributed by atoms with Crippen LogP contribution in [0.15, 0.2) is 24.3 Å². The lowest BCUT2D eigenvalue weighted by molar-refractivity contribution is 0.166.